The van der Waals surface area contributed by atoms with E-state index in [0.29, 0.717) is 21.7 Å². The fourth-order valence-corrected chi connectivity index (χ4v) is 4.03. The molecule has 1 aliphatic rings. The number of rotatable bonds is 4. The maximum absolute atomic E-state index is 10.4. The summed E-state index contributed by atoms with van der Waals surface area (Å²) < 4.78 is 1.83. The Morgan fingerprint density at radius 3 is 2.92 bits per heavy atom. The van der Waals surface area contributed by atoms with Gasteiger partial charge in [0.15, 0.2) is 0 Å². The molecular weight excluding hydrogens is 348 g/mol. The van der Waals surface area contributed by atoms with Crippen LogP contribution in [-0.2, 0) is 0 Å². The molecule has 26 heavy (non-hydrogen) atoms. The molecule has 0 unspecified atom stereocenters. The number of aromatic nitrogens is 5. The molecule has 3 heterocycles. The van der Waals surface area contributed by atoms with E-state index in [1.165, 1.54) is 12.8 Å². The van der Waals surface area contributed by atoms with Crippen LogP contribution in [0.15, 0.2) is 48.3 Å². The van der Waals surface area contributed by atoms with Gasteiger partial charge in [0, 0.05) is 29.3 Å². The monoisotopic (exact) mass is 368 g/mol. The zero-order chi connectivity index (χ0) is 17.8. The number of thioether (sulfide) groups is 1. The lowest BCUT2D eigenvalue weighted by atomic mass is 10.1. The topological polar surface area (TPSA) is 88.8 Å². The number of hydrogen-bond donors (Lipinski definition) is 2. The van der Waals surface area contributed by atoms with E-state index >= 15 is 0 Å². The summed E-state index contributed by atoms with van der Waals surface area (Å²) in [5.74, 6) is 0.141. The molecule has 0 saturated carbocycles. The minimum Gasteiger partial charge on any atom is -0.507 e. The van der Waals surface area contributed by atoms with Gasteiger partial charge in [-0.25, -0.2) is 9.97 Å². The summed E-state index contributed by atoms with van der Waals surface area (Å²) in [5.41, 5.74) is 2.01. The van der Waals surface area contributed by atoms with Gasteiger partial charge in [0.1, 0.15) is 11.4 Å². The fraction of sp³-hybridized carbons (Fsp3) is 0.333. The molecule has 4 rings (SSSR count). The number of benzene rings is 1. The minimum absolute atomic E-state index is 0.141. The maximum atomic E-state index is 10.4. The van der Waals surface area contributed by atoms with Crippen LogP contribution in [0.2, 0.25) is 0 Å². The third kappa shape index (κ3) is 3.86. The average Bonchev–Trinajstić information content (AvgIpc) is 3.08. The standard InChI is InChI=1S/C18H20N6OS/c25-17-10-13(24-9-8-20-12-24)3-4-15(17)16-11-21-18(23-22-16)26-14-2-1-6-19-7-5-14/h3-4,8-12,14,19,25H,1-2,5-7H2/t14-/m0/s1. The molecule has 1 aliphatic heterocycles. The molecule has 7 nitrogen and oxygen atoms in total. The van der Waals surface area contributed by atoms with Gasteiger partial charge in [0.2, 0.25) is 5.16 Å². The largest absolute Gasteiger partial charge is 0.507 e. The van der Waals surface area contributed by atoms with Gasteiger partial charge in [0.05, 0.1) is 18.2 Å². The first-order chi connectivity index (χ1) is 12.8. The smallest absolute Gasteiger partial charge is 0.209 e. The van der Waals surface area contributed by atoms with Crippen molar-refractivity contribution in [2.45, 2.75) is 29.7 Å². The van der Waals surface area contributed by atoms with Crippen LogP contribution in [0.3, 0.4) is 0 Å². The molecule has 134 valence electrons. The quantitative estimate of drug-likeness (QED) is 0.732. The molecule has 0 amide bonds. The number of nitrogens with one attached hydrogen (secondary N) is 1. The predicted octanol–water partition coefficient (Wildman–Crippen LogP) is 2.66. The van der Waals surface area contributed by atoms with Crippen LogP contribution in [0, 0.1) is 0 Å². The third-order valence-electron chi connectivity index (χ3n) is 4.40. The van der Waals surface area contributed by atoms with Gasteiger partial charge in [-0.15, -0.1) is 10.2 Å². The molecule has 1 aromatic carbocycles. The highest BCUT2D eigenvalue weighted by molar-refractivity contribution is 7.99. The zero-order valence-corrected chi connectivity index (χ0v) is 15.1. The molecule has 0 aliphatic carbocycles. The van der Waals surface area contributed by atoms with E-state index < -0.39 is 0 Å². The highest BCUT2D eigenvalue weighted by atomic mass is 32.2. The molecule has 0 spiro atoms. The first-order valence-corrected chi connectivity index (χ1v) is 9.56. The number of phenolic OH excluding ortho intramolecular Hbond substituents is 1. The maximum Gasteiger partial charge on any atom is 0.209 e. The zero-order valence-electron chi connectivity index (χ0n) is 14.2. The van der Waals surface area contributed by atoms with Crippen LogP contribution in [-0.4, -0.2) is 48.2 Å². The number of phenols is 1. The molecule has 0 bridgehead atoms. The highest BCUT2D eigenvalue weighted by Gasteiger charge is 2.16. The summed E-state index contributed by atoms with van der Waals surface area (Å²) in [5, 5.41) is 23.5. The fourth-order valence-electron chi connectivity index (χ4n) is 3.01. The van der Waals surface area contributed by atoms with Gasteiger partial charge in [-0.05, 0) is 44.5 Å². The van der Waals surface area contributed by atoms with E-state index in [0.717, 1.165) is 25.2 Å². The second kappa shape index (κ2) is 7.84. The lowest BCUT2D eigenvalue weighted by molar-refractivity contribution is 0.476. The molecule has 2 aromatic heterocycles. The number of hydrogen-bond acceptors (Lipinski definition) is 7. The summed E-state index contributed by atoms with van der Waals surface area (Å²) in [7, 11) is 0. The van der Waals surface area contributed by atoms with Crippen molar-refractivity contribution in [3.05, 3.63) is 43.1 Å². The average molecular weight is 368 g/mol. The van der Waals surface area contributed by atoms with Crippen molar-refractivity contribution in [2.24, 2.45) is 0 Å². The molecule has 2 N–H and O–H groups in total. The summed E-state index contributed by atoms with van der Waals surface area (Å²) in [6.45, 7) is 2.13. The van der Waals surface area contributed by atoms with Crippen LogP contribution in [0.1, 0.15) is 19.3 Å². The normalized spacial score (nSPS) is 17.8. The molecule has 1 saturated heterocycles. The van der Waals surface area contributed by atoms with Gasteiger partial charge in [0.25, 0.3) is 0 Å². The van der Waals surface area contributed by atoms with Crippen LogP contribution in [0.4, 0.5) is 0 Å². The molecule has 3 aromatic rings. The van der Waals surface area contributed by atoms with Crippen molar-refractivity contribution in [1.29, 1.82) is 0 Å². The van der Waals surface area contributed by atoms with Gasteiger partial charge in [-0.2, -0.15) is 0 Å². The van der Waals surface area contributed by atoms with Crippen molar-refractivity contribution in [3.63, 3.8) is 0 Å². The van der Waals surface area contributed by atoms with Crippen LogP contribution >= 0.6 is 11.8 Å². The van der Waals surface area contributed by atoms with Gasteiger partial charge < -0.3 is 15.0 Å². The Morgan fingerprint density at radius 2 is 2.15 bits per heavy atom. The molecule has 1 atom stereocenters. The van der Waals surface area contributed by atoms with E-state index in [4.69, 9.17) is 0 Å². The van der Waals surface area contributed by atoms with Crippen LogP contribution in [0.25, 0.3) is 16.9 Å². The van der Waals surface area contributed by atoms with E-state index in [2.05, 4.69) is 25.5 Å². The summed E-state index contributed by atoms with van der Waals surface area (Å²) in [6, 6.07) is 5.40. The van der Waals surface area contributed by atoms with Crippen molar-refractivity contribution in [2.75, 3.05) is 13.1 Å². The number of aromatic hydroxyl groups is 1. The predicted molar refractivity (Wildman–Crippen MR) is 100 cm³/mol. The van der Waals surface area contributed by atoms with Crippen molar-refractivity contribution >= 4 is 11.8 Å². The lowest BCUT2D eigenvalue weighted by Gasteiger charge is -2.11. The Kier molecular flexibility index (Phi) is 5.12. The SMILES string of the molecule is Oc1cc(-n2ccnc2)ccc1-c1cnc(S[C@H]2CCCNCC2)nn1. The highest BCUT2D eigenvalue weighted by Crippen LogP contribution is 2.30. The first-order valence-electron chi connectivity index (χ1n) is 8.68. The van der Waals surface area contributed by atoms with E-state index in [1.807, 2.05) is 22.9 Å². The Labute approximate surface area is 155 Å². The third-order valence-corrected chi connectivity index (χ3v) is 5.60. The molecule has 0 radical (unpaired) electrons. The van der Waals surface area contributed by atoms with Crippen molar-refractivity contribution in [3.8, 4) is 22.7 Å². The van der Waals surface area contributed by atoms with Gasteiger partial charge in [-0.3, -0.25) is 0 Å². The Bertz CT molecular complexity index is 845. The van der Waals surface area contributed by atoms with Gasteiger partial charge >= 0.3 is 0 Å². The summed E-state index contributed by atoms with van der Waals surface area (Å²) >= 11 is 1.69. The Hall–Kier alpha value is -2.45. The Morgan fingerprint density at radius 1 is 1.19 bits per heavy atom. The molecule has 8 heteroatoms. The van der Waals surface area contributed by atoms with Crippen LogP contribution < -0.4 is 5.32 Å². The van der Waals surface area contributed by atoms with Crippen molar-refractivity contribution in [1.82, 2.24) is 30.0 Å². The second-order valence-corrected chi connectivity index (χ2v) is 7.49. The number of imidazole rings is 1. The lowest BCUT2D eigenvalue weighted by Crippen LogP contribution is -2.14. The van der Waals surface area contributed by atoms with E-state index in [1.54, 1.807) is 36.5 Å². The van der Waals surface area contributed by atoms with E-state index in [9.17, 15) is 5.11 Å². The number of nitrogens with zero attached hydrogens (tertiary/aromatic N) is 5. The molecule has 1 fully saturated rings. The minimum atomic E-state index is 0.141. The van der Waals surface area contributed by atoms with Gasteiger partial charge in [-0.1, -0.05) is 11.8 Å². The molecular formula is C18H20N6OS. The second-order valence-electron chi connectivity index (χ2n) is 6.22. The van der Waals surface area contributed by atoms with Crippen molar-refractivity contribution < 1.29 is 5.11 Å². The first kappa shape index (κ1) is 17.0. The summed E-state index contributed by atoms with van der Waals surface area (Å²) in [4.78, 5) is 8.45. The van der Waals surface area contributed by atoms with Crippen LogP contribution in [0.5, 0.6) is 5.75 Å². The summed E-state index contributed by atoms with van der Waals surface area (Å²) in [6.07, 6.45) is 10.3. The Balaban J connectivity index is 1.49. The van der Waals surface area contributed by atoms with E-state index in [-0.39, 0.29) is 5.75 Å².